The van der Waals surface area contributed by atoms with Crippen LogP contribution in [0, 0.1) is 0 Å². The van der Waals surface area contributed by atoms with Crippen LogP contribution in [0.15, 0.2) is 0 Å². The summed E-state index contributed by atoms with van der Waals surface area (Å²) in [6.07, 6.45) is -0.507. The molecule has 10 nitrogen and oxygen atoms in total. The minimum Gasteiger partial charge on any atom is -0.480 e. The van der Waals surface area contributed by atoms with Crippen LogP contribution in [0.5, 0.6) is 0 Å². The summed E-state index contributed by atoms with van der Waals surface area (Å²) in [5, 5.41) is 12.0. The van der Waals surface area contributed by atoms with E-state index in [4.69, 9.17) is 9.47 Å². The lowest BCUT2D eigenvalue weighted by Gasteiger charge is -2.43. The molecule has 3 atom stereocenters. The Morgan fingerprint density at radius 2 is 2.11 bits per heavy atom. The van der Waals surface area contributed by atoms with Crippen molar-refractivity contribution in [1.82, 2.24) is 15.1 Å². The molecular formula is C17H27N3O7. The summed E-state index contributed by atoms with van der Waals surface area (Å²) < 4.78 is 10.6. The number of aliphatic carboxylic acids is 1. The maximum Gasteiger partial charge on any atom is 0.408 e. The van der Waals surface area contributed by atoms with Crippen molar-refractivity contribution >= 4 is 24.3 Å². The second-order valence-corrected chi connectivity index (χ2v) is 7.57. The number of rotatable bonds is 6. The smallest absolute Gasteiger partial charge is 0.408 e. The van der Waals surface area contributed by atoms with Crippen LogP contribution in [0.1, 0.15) is 33.6 Å². The average Bonchev–Trinajstić information content (AvgIpc) is 2.91. The number of carboxylic acids is 1. The number of carbonyl (C=O) groups excluding carboxylic acids is 3. The fourth-order valence-electron chi connectivity index (χ4n) is 3.29. The summed E-state index contributed by atoms with van der Waals surface area (Å²) in [5.41, 5.74) is -0.678. The normalized spacial score (nSPS) is 25.1. The first-order valence-corrected chi connectivity index (χ1v) is 8.94. The Balaban J connectivity index is 2.07. The van der Waals surface area contributed by atoms with Crippen LogP contribution in [-0.2, 0) is 23.9 Å². The van der Waals surface area contributed by atoms with E-state index in [1.165, 1.54) is 4.90 Å². The number of hydrogen-bond donors (Lipinski definition) is 2. The standard InChI is InChI=1S/C17H27N3O7/c1-17(2,3)27-16(25)18-11-4-6-20(14(11)22)13-10-26-9-7-19(13)12(5-8-21)15(23)24/h8,11-13H,4-7,9-10H2,1-3H3,(H,18,25)(H,23,24)/t11-,12?,13-/m0/s1. The Hall–Kier alpha value is -2.20. The van der Waals surface area contributed by atoms with E-state index < -0.39 is 35.9 Å². The number of hydrogen-bond acceptors (Lipinski definition) is 7. The number of nitrogens with one attached hydrogen (secondary N) is 1. The molecule has 2 aliphatic heterocycles. The number of amides is 2. The molecule has 0 spiro atoms. The van der Waals surface area contributed by atoms with Crippen LogP contribution < -0.4 is 5.32 Å². The monoisotopic (exact) mass is 385 g/mol. The molecular weight excluding hydrogens is 358 g/mol. The van der Waals surface area contributed by atoms with Crippen molar-refractivity contribution in [1.29, 1.82) is 0 Å². The first kappa shape index (κ1) is 21.1. The predicted molar refractivity (Wildman–Crippen MR) is 92.9 cm³/mol. The van der Waals surface area contributed by atoms with Gasteiger partial charge in [-0.1, -0.05) is 0 Å². The number of alkyl carbamates (subject to hydrolysis) is 1. The molecule has 2 saturated heterocycles. The van der Waals surface area contributed by atoms with Gasteiger partial charge in [0.2, 0.25) is 5.91 Å². The second-order valence-electron chi connectivity index (χ2n) is 7.57. The summed E-state index contributed by atoms with van der Waals surface area (Å²) >= 11 is 0. The van der Waals surface area contributed by atoms with Crippen molar-refractivity contribution in [2.45, 2.75) is 57.5 Å². The number of likely N-dealkylation sites (tertiary alicyclic amines) is 1. The maximum absolute atomic E-state index is 12.8. The molecule has 0 aromatic carbocycles. The molecule has 2 N–H and O–H groups in total. The van der Waals surface area contributed by atoms with E-state index in [1.807, 2.05) is 0 Å². The second kappa shape index (κ2) is 8.66. The highest BCUT2D eigenvalue weighted by Crippen LogP contribution is 2.23. The van der Waals surface area contributed by atoms with E-state index in [1.54, 1.807) is 25.7 Å². The highest BCUT2D eigenvalue weighted by molar-refractivity contribution is 5.88. The molecule has 152 valence electrons. The summed E-state index contributed by atoms with van der Waals surface area (Å²) in [4.78, 5) is 50.2. The predicted octanol–water partition coefficient (Wildman–Crippen LogP) is -0.187. The SMILES string of the molecule is CC(C)(C)OC(=O)N[C@H]1CCN([C@H]2COCCN2C(CC=O)C(=O)O)C1=O. The van der Waals surface area contributed by atoms with Crippen LogP contribution in [0.2, 0.25) is 0 Å². The van der Waals surface area contributed by atoms with E-state index in [9.17, 15) is 24.3 Å². The van der Waals surface area contributed by atoms with Crippen molar-refractivity contribution in [3.63, 3.8) is 0 Å². The minimum atomic E-state index is -1.12. The molecule has 0 bridgehead atoms. The summed E-state index contributed by atoms with van der Waals surface area (Å²) in [7, 11) is 0. The van der Waals surface area contributed by atoms with Crippen molar-refractivity contribution < 1.29 is 33.8 Å². The number of morpholine rings is 1. The molecule has 0 saturated carbocycles. The molecule has 0 aliphatic carbocycles. The quantitative estimate of drug-likeness (QED) is 0.603. The number of carboxylic acid groups (broad SMARTS) is 1. The van der Waals surface area contributed by atoms with E-state index in [-0.39, 0.29) is 18.9 Å². The third-order valence-electron chi connectivity index (χ3n) is 4.44. The molecule has 0 radical (unpaired) electrons. The number of nitrogens with zero attached hydrogens (tertiary/aromatic N) is 2. The van der Waals surface area contributed by atoms with E-state index in [2.05, 4.69) is 5.32 Å². The van der Waals surface area contributed by atoms with Gasteiger partial charge in [-0.25, -0.2) is 4.79 Å². The van der Waals surface area contributed by atoms with Crippen LogP contribution in [0.4, 0.5) is 4.79 Å². The first-order valence-electron chi connectivity index (χ1n) is 8.94. The maximum atomic E-state index is 12.8. The lowest BCUT2D eigenvalue weighted by atomic mass is 10.1. The summed E-state index contributed by atoms with van der Waals surface area (Å²) in [6, 6.07) is -1.76. The molecule has 0 aromatic heterocycles. The van der Waals surface area contributed by atoms with Crippen molar-refractivity contribution in [3.05, 3.63) is 0 Å². The van der Waals surface area contributed by atoms with Gasteiger partial charge in [0.15, 0.2) is 0 Å². The summed E-state index contributed by atoms with van der Waals surface area (Å²) in [5.74, 6) is -1.44. The van der Waals surface area contributed by atoms with E-state index in [0.29, 0.717) is 32.4 Å². The van der Waals surface area contributed by atoms with Gasteiger partial charge in [-0.05, 0) is 27.2 Å². The van der Waals surface area contributed by atoms with Crippen LogP contribution in [0.3, 0.4) is 0 Å². The number of ether oxygens (including phenoxy) is 2. The topological polar surface area (TPSA) is 125 Å². The van der Waals surface area contributed by atoms with Gasteiger partial charge < -0.3 is 29.6 Å². The molecule has 2 rings (SSSR count). The molecule has 27 heavy (non-hydrogen) atoms. The van der Waals surface area contributed by atoms with Gasteiger partial charge in [-0.15, -0.1) is 0 Å². The van der Waals surface area contributed by atoms with Crippen molar-refractivity contribution in [3.8, 4) is 0 Å². The number of aldehydes is 1. The molecule has 1 unspecified atom stereocenters. The Morgan fingerprint density at radius 1 is 1.41 bits per heavy atom. The highest BCUT2D eigenvalue weighted by Gasteiger charge is 2.43. The van der Waals surface area contributed by atoms with Crippen LogP contribution >= 0.6 is 0 Å². The summed E-state index contributed by atoms with van der Waals surface area (Å²) in [6.45, 7) is 6.29. The third kappa shape index (κ3) is 5.39. The van der Waals surface area contributed by atoms with Gasteiger partial charge in [0.25, 0.3) is 0 Å². The fourth-order valence-corrected chi connectivity index (χ4v) is 3.29. The Kier molecular flexibility index (Phi) is 6.77. The van der Waals surface area contributed by atoms with Gasteiger partial charge in [0.05, 0.1) is 13.2 Å². The third-order valence-corrected chi connectivity index (χ3v) is 4.44. The van der Waals surface area contributed by atoms with E-state index >= 15 is 0 Å². The van der Waals surface area contributed by atoms with Crippen molar-refractivity contribution in [2.75, 3.05) is 26.3 Å². The molecule has 10 heteroatoms. The minimum absolute atomic E-state index is 0.146. The van der Waals surface area contributed by atoms with Gasteiger partial charge in [0.1, 0.15) is 30.1 Å². The highest BCUT2D eigenvalue weighted by atomic mass is 16.6. The average molecular weight is 385 g/mol. The molecule has 2 amide bonds. The first-order chi connectivity index (χ1) is 12.6. The Labute approximate surface area is 157 Å². The lowest BCUT2D eigenvalue weighted by Crippen LogP contribution is -2.61. The Morgan fingerprint density at radius 3 is 2.70 bits per heavy atom. The molecule has 0 aromatic rings. The largest absolute Gasteiger partial charge is 0.480 e. The zero-order chi connectivity index (χ0) is 20.2. The van der Waals surface area contributed by atoms with E-state index in [0.717, 1.165) is 0 Å². The zero-order valence-electron chi connectivity index (χ0n) is 15.8. The van der Waals surface area contributed by atoms with Gasteiger partial charge in [0, 0.05) is 19.5 Å². The molecule has 2 fully saturated rings. The van der Waals surface area contributed by atoms with Crippen LogP contribution in [-0.4, -0.2) is 89.3 Å². The fraction of sp³-hybridized carbons (Fsp3) is 0.765. The number of carbonyl (C=O) groups is 4. The van der Waals surface area contributed by atoms with Crippen LogP contribution in [0.25, 0.3) is 0 Å². The van der Waals surface area contributed by atoms with Gasteiger partial charge in [-0.3, -0.25) is 14.5 Å². The van der Waals surface area contributed by atoms with Gasteiger partial charge >= 0.3 is 12.1 Å². The van der Waals surface area contributed by atoms with Crippen molar-refractivity contribution in [2.24, 2.45) is 0 Å². The van der Waals surface area contributed by atoms with Gasteiger partial charge in [-0.2, -0.15) is 0 Å². The Bertz CT molecular complexity index is 590. The zero-order valence-corrected chi connectivity index (χ0v) is 15.8. The lowest BCUT2D eigenvalue weighted by molar-refractivity contribution is -0.160. The molecule has 2 aliphatic rings. The molecule has 2 heterocycles.